The fraction of sp³-hybridized carbons (Fsp3) is 0.412. The topological polar surface area (TPSA) is 46.6 Å². The van der Waals surface area contributed by atoms with Gasteiger partial charge in [-0.25, -0.2) is 27.3 Å². The number of hydrogen-bond acceptors (Lipinski definition) is 3. The van der Waals surface area contributed by atoms with Crippen molar-refractivity contribution in [1.82, 2.24) is 4.90 Å². The van der Waals surface area contributed by atoms with E-state index in [2.05, 4.69) is 0 Å². The normalized spacial score (nSPS) is 17.7. The first-order valence-corrected chi connectivity index (χ1v) is 7.73. The highest BCUT2D eigenvalue weighted by Crippen LogP contribution is 2.26. The molecule has 0 N–H and O–H groups in total. The van der Waals surface area contributed by atoms with E-state index >= 15 is 0 Å². The van der Waals surface area contributed by atoms with Crippen LogP contribution in [0.2, 0.25) is 0 Å². The summed E-state index contributed by atoms with van der Waals surface area (Å²) >= 11 is 0. The second kappa shape index (κ2) is 7.25. The minimum Gasteiger partial charge on any atom is -0.447 e. The van der Waals surface area contributed by atoms with Crippen LogP contribution in [0, 0.1) is 29.2 Å². The Labute approximate surface area is 142 Å². The van der Waals surface area contributed by atoms with Gasteiger partial charge in [-0.05, 0) is 18.4 Å². The standard InChI is InChI=1S/C17H17F4NO3/c1-4-9-10(14(19)16(21)15(20)13(9)18)5-6-12(23)22-11(8(2)3)7-25-17(22)24/h5-6,8,11H,4,7H2,1-3H3/b6-5+/t11-/m1/s1. The molecule has 1 saturated heterocycles. The van der Waals surface area contributed by atoms with E-state index in [-0.39, 0.29) is 18.9 Å². The molecule has 1 fully saturated rings. The number of carbonyl (C=O) groups is 2. The monoisotopic (exact) mass is 359 g/mol. The van der Waals surface area contributed by atoms with Crippen LogP contribution in [0.15, 0.2) is 6.08 Å². The lowest BCUT2D eigenvalue weighted by atomic mass is 10.0. The van der Waals surface area contributed by atoms with Gasteiger partial charge < -0.3 is 4.74 Å². The number of carbonyl (C=O) groups excluding carboxylic acids is 2. The van der Waals surface area contributed by atoms with Gasteiger partial charge in [0.2, 0.25) is 0 Å². The number of halogens is 4. The Balaban J connectivity index is 2.39. The van der Waals surface area contributed by atoms with E-state index < -0.39 is 52.4 Å². The molecule has 1 atom stereocenters. The van der Waals surface area contributed by atoms with Crippen LogP contribution in [0.4, 0.5) is 22.4 Å². The summed E-state index contributed by atoms with van der Waals surface area (Å²) in [6, 6.07) is -0.498. The summed E-state index contributed by atoms with van der Waals surface area (Å²) in [4.78, 5) is 24.8. The Bertz CT molecular complexity index is 746. The van der Waals surface area contributed by atoms with E-state index in [9.17, 15) is 27.2 Å². The minimum atomic E-state index is -1.96. The molecule has 0 spiro atoms. The predicted molar refractivity (Wildman–Crippen MR) is 81.5 cm³/mol. The van der Waals surface area contributed by atoms with Crippen molar-refractivity contribution >= 4 is 18.1 Å². The van der Waals surface area contributed by atoms with Crippen molar-refractivity contribution in [2.45, 2.75) is 33.2 Å². The maximum Gasteiger partial charge on any atom is 0.417 e. The van der Waals surface area contributed by atoms with Crippen LogP contribution >= 0.6 is 0 Å². The number of imide groups is 1. The van der Waals surface area contributed by atoms with Gasteiger partial charge in [0.15, 0.2) is 23.3 Å². The Kier molecular flexibility index (Phi) is 5.49. The van der Waals surface area contributed by atoms with Crippen molar-refractivity contribution in [3.05, 3.63) is 40.5 Å². The number of hydrogen-bond donors (Lipinski definition) is 0. The molecule has 8 heteroatoms. The van der Waals surface area contributed by atoms with Crippen molar-refractivity contribution in [2.75, 3.05) is 6.61 Å². The van der Waals surface area contributed by atoms with Crippen molar-refractivity contribution in [2.24, 2.45) is 5.92 Å². The molecule has 4 nitrogen and oxygen atoms in total. The van der Waals surface area contributed by atoms with Gasteiger partial charge in [-0.2, -0.15) is 0 Å². The van der Waals surface area contributed by atoms with Gasteiger partial charge in [0, 0.05) is 17.2 Å². The first-order valence-electron chi connectivity index (χ1n) is 7.73. The first-order chi connectivity index (χ1) is 11.7. The van der Waals surface area contributed by atoms with Gasteiger partial charge in [0.1, 0.15) is 6.61 Å². The molecule has 1 heterocycles. The van der Waals surface area contributed by atoms with Crippen LogP contribution in [0.1, 0.15) is 31.9 Å². The molecule has 1 aliphatic rings. The molecule has 0 saturated carbocycles. The second-order valence-corrected chi connectivity index (χ2v) is 5.93. The zero-order valence-corrected chi connectivity index (χ0v) is 13.9. The number of nitrogens with zero attached hydrogens (tertiary/aromatic N) is 1. The molecule has 136 valence electrons. The summed E-state index contributed by atoms with van der Waals surface area (Å²) in [6.45, 7) is 5.04. The summed E-state index contributed by atoms with van der Waals surface area (Å²) in [5, 5.41) is 0. The van der Waals surface area contributed by atoms with Crippen LogP contribution in [-0.2, 0) is 16.0 Å². The molecule has 25 heavy (non-hydrogen) atoms. The maximum atomic E-state index is 13.9. The predicted octanol–water partition coefficient (Wildman–Crippen LogP) is 3.82. The van der Waals surface area contributed by atoms with Crippen LogP contribution in [0.25, 0.3) is 6.08 Å². The summed E-state index contributed by atoms with van der Waals surface area (Å²) in [6.07, 6.45) is 0.691. The Morgan fingerprint density at radius 2 is 1.80 bits per heavy atom. The average molecular weight is 359 g/mol. The molecule has 0 unspecified atom stereocenters. The third-order valence-electron chi connectivity index (χ3n) is 4.06. The van der Waals surface area contributed by atoms with Crippen LogP contribution < -0.4 is 0 Å². The van der Waals surface area contributed by atoms with Gasteiger partial charge in [-0.3, -0.25) is 4.79 Å². The Morgan fingerprint density at radius 1 is 1.20 bits per heavy atom. The summed E-state index contributed by atoms with van der Waals surface area (Å²) in [5.41, 5.74) is -0.967. The van der Waals surface area contributed by atoms with E-state index in [4.69, 9.17) is 4.74 Å². The Hall–Kier alpha value is -2.38. The van der Waals surface area contributed by atoms with E-state index in [0.717, 1.165) is 17.1 Å². The highest BCUT2D eigenvalue weighted by molar-refractivity contribution is 6.02. The summed E-state index contributed by atoms with van der Waals surface area (Å²) in [7, 11) is 0. The third kappa shape index (κ3) is 3.38. The van der Waals surface area contributed by atoms with Gasteiger partial charge in [0.25, 0.3) is 5.91 Å². The van der Waals surface area contributed by atoms with Gasteiger partial charge in [-0.15, -0.1) is 0 Å². The van der Waals surface area contributed by atoms with Gasteiger partial charge in [0.05, 0.1) is 6.04 Å². The number of amides is 2. The smallest absolute Gasteiger partial charge is 0.417 e. The largest absolute Gasteiger partial charge is 0.447 e. The lowest BCUT2D eigenvalue weighted by Gasteiger charge is -2.21. The highest BCUT2D eigenvalue weighted by atomic mass is 19.2. The van der Waals surface area contributed by atoms with Gasteiger partial charge >= 0.3 is 6.09 Å². The van der Waals surface area contributed by atoms with Crippen molar-refractivity contribution in [3.8, 4) is 0 Å². The van der Waals surface area contributed by atoms with Crippen molar-refractivity contribution < 1.29 is 31.9 Å². The minimum absolute atomic E-state index is 0.0322. The molecule has 2 rings (SSSR count). The van der Waals surface area contributed by atoms with Crippen molar-refractivity contribution in [1.29, 1.82) is 0 Å². The quantitative estimate of drug-likeness (QED) is 0.355. The van der Waals surface area contributed by atoms with Crippen molar-refractivity contribution in [3.63, 3.8) is 0 Å². The fourth-order valence-electron chi connectivity index (χ4n) is 2.63. The number of benzene rings is 1. The van der Waals surface area contributed by atoms with E-state index in [1.54, 1.807) is 13.8 Å². The molecular weight excluding hydrogens is 342 g/mol. The number of rotatable bonds is 4. The van der Waals surface area contributed by atoms with Gasteiger partial charge in [-0.1, -0.05) is 20.8 Å². The summed E-state index contributed by atoms with van der Waals surface area (Å²) < 4.78 is 59.3. The zero-order valence-electron chi connectivity index (χ0n) is 13.9. The van der Waals surface area contributed by atoms with Crippen LogP contribution in [-0.4, -0.2) is 29.5 Å². The second-order valence-electron chi connectivity index (χ2n) is 5.93. The van der Waals surface area contributed by atoms with E-state index in [1.165, 1.54) is 6.92 Å². The van der Waals surface area contributed by atoms with Crippen LogP contribution in [0.3, 0.4) is 0 Å². The zero-order chi connectivity index (χ0) is 18.9. The molecule has 1 aromatic rings. The molecule has 2 amide bonds. The first kappa shape index (κ1) is 19.0. The molecule has 1 aliphatic heterocycles. The highest BCUT2D eigenvalue weighted by Gasteiger charge is 2.38. The third-order valence-corrected chi connectivity index (χ3v) is 4.06. The molecule has 0 radical (unpaired) electrons. The lowest BCUT2D eigenvalue weighted by molar-refractivity contribution is -0.124. The molecular formula is C17H17F4NO3. The molecule has 0 aliphatic carbocycles. The van der Waals surface area contributed by atoms with E-state index in [1.807, 2.05) is 0 Å². The molecule has 1 aromatic carbocycles. The average Bonchev–Trinajstić information content (AvgIpc) is 2.96. The molecule has 0 aromatic heterocycles. The van der Waals surface area contributed by atoms with E-state index in [0.29, 0.717) is 0 Å². The molecule has 0 bridgehead atoms. The fourth-order valence-corrected chi connectivity index (χ4v) is 2.63. The number of ether oxygens (including phenoxy) is 1. The Morgan fingerprint density at radius 3 is 2.36 bits per heavy atom. The lowest BCUT2D eigenvalue weighted by Crippen LogP contribution is -2.40. The maximum absolute atomic E-state index is 13.9. The summed E-state index contributed by atoms with van der Waals surface area (Å²) in [5.74, 6) is -7.85. The number of cyclic esters (lactones) is 1. The van der Waals surface area contributed by atoms with Crippen LogP contribution in [0.5, 0.6) is 0 Å². The SMILES string of the molecule is CCc1c(F)c(F)c(F)c(F)c1/C=C/C(=O)N1C(=O)OC[C@@H]1C(C)C.